The molecular formula is C34H69NO. The fourth-order valence-corrected chi connectivity index (χ4v) is 5.76. The second kappa shape index (κ2) is 26.5. The van der Waals surface area contributed by atoms with Gasteiger partial charge in [-0.05, 0) is 19.3 Å². The predicted molar refractivity (Wildman–Crippen MR) is 162 cm³/mol. The molecule has 0 aromatic heterocycles. The minimum atomic E-state index is 0.457. The van der Waals surface area contributed by atoms with Crippen LogP contribution in [0.15, 0.2) is 0 Å². The van der Waals surface area contributed by atoms with E-state index in [9.17, 15) is 0 Å². The Morgan fingerprint density at radius 1 is 0.389 bits per heavy atom. The van der Waals surface area contributed by atoms with Crippen LogP contribution in [0, 0.1) is 0 Å². The van der Waals surface area contributed by atoms with Crippen molar-refractivity contribution in [1.82, 2.24) is 4.90 Å². The third-order valence-electron chi connectivity index (χ3n) is 8.36. The third-order valence-corrected chi connectivity index (χ3v) is 8.36. The summed E-state index contributed by atoms with van der Waals surface area (Å²) in [5.41, 5.74) is 0. The van der Waals surface area contributed by atoms with Gasteiger partial charge in [-0.3, -0.25) is 4.90 Å². The highest BCUT2D eigenvalue weighted by molar-refractivity contribution is 4.85. The van der Waals surface area contributed by atoms with E-state index in [1.807, 2.05) is 0 Å². The largest absolute Gasteiger partial charge is 0.353 e. The SMILES string of the molecule is CCCCCCCCCCCCCCCCC1OC1N(CCCCCCCC)CCCCCCCC. The molecule has 1 saturated heterocycles. The first-order chi connectivity index (χ1) is 17.8. The summed E-state index contributed by atoms with van der Waals surface area (Å²) < 4.78 is 6.21. The Kier molecular flexibility index (Phi) is 25.0. The molecular weight excluding hydrogens is 438 g/mol. The molecule has 216 valence electrons. The second-order valence-corrected chi connectivity index (χ2v) is 12.0. The first kappa shape index (κ1) is 33.9. The van der Waals surface area contributed by atoms with E-state index in [1.165, 1.54) is 186 Å². The Morgan fingerprint density at radius 3 is 1.06 bits per heavy atom. The van der Waals surface area contributed by atoms with Gasteiger partial charge in [0.2, 0.25) is 0 Å². The Hall–Kier alpha value is -0.0800. The smallest absolute Gasteiger partial charge is 0.137 e. The average Bonchev–Trinajstić information content (AvgIpc) is 3.66. The molecule has 0 amide bonds. The number of rotatable bonds is 30. The topological polar surface area (TPSA) is 15.8 Å². The summed E-state index contributed by atoms with van der Waals surface area (Å²) >= 11 is 0. The summed E-state index contributed by atoms with van der Waals surface area (Å²) in [5, 5.41) is 0. The van der Waals surface area contributed by atoms with Crippen LogP contribution in [0.5, 0.6) is 0 Å². The van der Waals surface area contributed by atoms with Gasteiger partial charge in [0.15, 0.2) is 0 Å². The zero-order valence-corrected chi connectivity index (χ0v) is 25.5. The highest BCUT2D eigenvalue weighted by atomic mass is 16.6. The molecule has 1 heterocycles. The summed E-state index contributed by atoms with van der Waals surface area (Å²) in [7, 11) is 0. The van der Waals surface area contributed by atoms with E-state index >= 15 is 0 Å². The van der Waals surface area contributed by atoms with Gasteiger partial charge in [-0.25, -0.2) is 0 Å². The van der Waals surface area contributed by atoms with Crippen LogP contribution in [0.1, 0.15) is 194 Å². The van der Waals surface area contributed by atoms with Gasteiger partial charge in [0.1, 0.15) is 6.23 Å². The molecule has 2 heteroatoms. The molecule has 2 atom stereocenters. The molecule has 36 heavy (non-hydrogen) atoms. The van der Waals surface area contributed by atoms with E-state index in [2.05, 4.69) is 25.7 Å². The normalized spacial score (nSPS) is 17.3. The minimum Gasteiger partial charge on any atom is -0.353 e. The summed E-state index contributed by atoms with van der Waals surface area (Å²) in [6, 6.07) is 0. The molecule has 0 aliphatic carbocycles. The lowest BCUT2D eigenvalue weighted by molar-refractivity contribution is 0.168. The van der Waals surface area contributed by atoms with E-state index in [-0.39, 0.29) is 0 Å². The van der Waals surface area contributed by atoms with Gasteiger partial charge in [-0.2, -0.15) is 0 Å². The zero-order valence-electron chi connectivity index (χ0n) is 25.5. The first-order valence-corrected chi connectivity index (χ1v) is 17.2. The van der Waals surface area contributed by atoms with E-state index in [4.69, 9.17) is 4.74 Å². The van der Waals surface area contributed by atoms with Crippen molar-refractivity contribution < 1.29 is 4.74 Å². The standard InChI is InChI=1S/C34H69NO/c1-4-7-10-13-16-17-18-19-20-21-22-23-24-27-30-33-34(36-33)35(31-28-25-14-11-8-5-2)32-29-26-15-12-9-6-3/h33-34H,4-32H2,1-3H3. The Bertz CT molecular complexity index is 409. The maximum atomic E-state index is 6.21. The van der Waals surface area contributed by atoms with Gasteiger partial charge in [0.25, 0.3) is 0 Å². The maximum absolute atomic E-state index is 6.21. The van der Waals surface area contributed by atoms with Gasteiger partial charge in [-0.15, -0.1) is 0 Å². The van der Waals surface area contributed by atoms with Crippen LogP contribution in [-0.4, -0.2) is 30.3 Å². The lowest BCUT2D eigenvalue weighted by Gasteiger charge is -2.20. The van der Waals surface area contributed by atoms with Gasteiger partial charge in [-0.1, -0.05) is 175 Å². The van der Waals surface area contributed by atoms with Crippen LogP contribution in [0.25, 0.3) is 0 Å². The summed E-state index contributed by atoms with van der Waals surface area (Å²) in [6.07, 6.45) is 39.3. The zero-order chi connectivity index (χ0) is 25.9. The lowest BCUT2D eigenvalue weighted by Crippen LogP contribution is -2.30. The maximum Gasteiger partial charge on any atom is 0.137 e. The fraction of sp³-hybridized carbons (Fsp3) is 1.00. The van der Waals surface area contributed by atoms with Crippen molar-refractivity contribution in [3.63, 3.8) is 0 Å². The number of hydrogen-bond acceptors (Lipinski definition) is 2. The van der Waals surface area contributed by atoms with Crippen molar-refractivity contribution in [3.05, 3.63) is 0 Å². The molecule has 2 nitrogen and oxygen atoms in total. The van der Waals surface area contributed by atoms with Crippen molar-refractivity contribution in [1.29, 1.82) is 0 Å². The van der Waals surface area contributed by atoms with E-state index < -0.39 is 0 Å². The Labute approximate surface area is 229 Å². The molecule has 0 radical (unpaired) electrons. The summed E-state index contributed by atoms with van der Waals surface area (Å²) in [6.45, 7) is 9.46. The molecule has 0 saturated carbocycles. The van der Waals surface area contributed by atoms with Gasteiger partial charge >= 0.3 is 0 Å². The molecule has 2 unspecified atom stereocenters. The Balaban J connectivity index is 2.03. The number of ether oxygens (including phenoxy) is 1. The number of nitrogens with zero attached hydrogens (tertiary/aromatic N) is 1. The molecule has 0 spiro atoms. The first-order valence-electron chi connectivity index (χ1n) is 17.2. The molecule has 0 bridgehead atoms. The van der Waals surface area contributed by atoms with Gasteiger partial charge in [0.05, 0.1) is 6.10 Å². The van der Waals surface area contributed by atoms with Crippen LogP contribution >= 0.6 is 0 Å². The van der Waals surface area contributed by atoms with Crippen LogP contribution in [0.2, 0.25) is 0 Å². The van der Waals surface area contributed by atoms with Gasteiger partial charge in [0, 0.05) is 13.1 Å². The average molecular weight is 508 g/mol. The van der Waals surface area contributed by atoms with E-state index in [0.717, 1.165) is 0 Å². The van der Waals surface area contributed by atoms with Crippen LogP contribution in [0.3, 0.4) is 0 Å². The minimum absolute atomic E-state index is 0.457. The van der Waals surface area contributed by atoms with Crippen molar-refractivity contribution in [3.8, 4) is 0 Å². The van der Waals surface area contributed by atoms with Crippen LogP contribution in [0.4, 0.5) is 0 Å². The monoisotopic (exact) mass is 508 g/mol. The summed E-state index contributed by atoms with van der Waals surface area (Å²) in [5.74, 6) is 0. The van der Waals surface area contributed by atoms with Crippen molar-refractivity contribution in [2.45, 2.75) is 206 Å². The lowest BCUT2D eigenvalue weighted by atomic mass is 10.0. The Morgan fingerprint density at radius 2 is 0.694 bits per heavy atom. The van der Waals surface area contributed by atoms with E-state index in [0.29, 0.717) is 12.3 Å². The molecule has 1 aliphatic heterocycles. The fourth-order valence-electron chi connectivity index (χ4n) is 5.76. The van der Waals surface area contributed by atoms with Crippen LogP contribution in [-0.2, 0) is 4.74 Å². The molecule has 0 N–H and O–H groups in total. The second-order valence-electron chi connectivity index (χ2n) is 12.0. The molecule has 0 aromatic rings. The van der Waals surface area contributed by atoms with Crippen molar-refractivity contribution >= 4 is 0 Å². The number of epoxide rings is 1. The van der Waals surface area contributed by atoms with Gasteiger partial charge < -0.3 is 4.74 Å². The number of unbranched alkanes of at least 4 members (excludes halogenated alkanes) is 23. The van der Waals surface area contributed by atoms with E-state index in [1.54, 1.807) is 0 Å². The third kappa shape index (κ3) is 20.9. The number of hydrogen-bond donors (Lipinski definition) is 0. The highest BCUT2D eigenvalue weighted by Gasteiger charge is 2.42. The molecule has 0 aromatic carbocycles. The molecule has 1 rings (SSSR count). The van der Waals surface area contributed by atoms with Crippen molar-refractivity contribution in [2.24, 2.45) is 0 Å². The summed E-state index contributed by atoms with van der Waals surface area (Å²) in [4.78, 5) is 2.72. The highest BCUT2D eigenvalue weighted by Crippen LogP contribution is 2.31. The molecule has 1 aliphatic rings. The van der Waals surface area contributed by atoms with Crippen LogP contribution < -0.4 is 0 Å². The predicted octanol–water partition coefficient (Wildman–Crippen LogP) is 11.6. The molecule has 1 fully saturated rings. The van der Waals surface area contributed by atoms with Crippen molar-refractivity contribution in [2.75, 3.05) is 13.1 Å². The quantitative estimate of drug-likeness (QED) is 0.0709.